The van der Waals surface area contributed by atoms with Crippen LogP contribution in [0.2, 0.25) is 0 Å². The fourth-order valence-corrected chi connectivity index (χ4v) is 4.10. The molecule has 1 aromatic heterocycles. The molecule has 2 heterocycles. The summed E-state index contributed by atoms with van der Waals surface area (Å²) in [5.74, 6) is -1.18. The molecule has 0 aliphatic carbocycles. The van der Waals surface area contributed by atoms with Gasteiger partial charge in [0.1, 0.15) is 6.04 Å². The van der Waals surface area contributed by atoms with Gasteiger partial charge in [-0.3, -0.25) is 14.5 Å². The second-order valence-corrected chi connectivity index (χ2v) is 8.70. The fraction of sp³-hybridized carbons (Fsp3) is 0.333. The topological polar surface area (TPSA) is 57.6 Å². The van der Waals surface area contributed by atoms with Gasteiger partial charge in [-0.05, 0) is 36.9 Å². The molecule has 5 heteroatoms. The molecule has 0 saturated heterocycles. The van der Waals surface area contributed by atoms with Gasteiger partial charge in [0.25, 0.3) is 5.91 Å². The monoisotopic (exact) mass is 369 g/mol. The van der Waals surface area contributed by atoms with Crippen LogP contribution in [-0.4, -0.2) is 16.8 Å². The van der Waals surface area contributed by atoms with E-state index in [-0.39, 0.29) is 11.4 Å². The zero-order chi connectivity index (χ0) is 19.2. The number of hydrogen-bond donors (Lipinski definition) is 1. The molecule has 1 N–H and O–H groups in total. The van der Waals surface area contributed by atoms with E-state index in [1.165, 1.54) is 11.3 Å². The normalized spacial score (nSPS) is 18.0. The maximum atomic E-state index is 13.1. The molecule has 136 valence electrons. The second-order valence-electron chi connectivity index (χ2n) is 7.72. The molecule has 3 rings (SSSR count). The van der Waals surface area contributed by atoms with Gasteiger partial charge in [-0.15, -0.1) is 11.3 Å². The third kappa shape index (κ3) is 2.97. The van der Waals surface area contributed by atoms with Crippen LogP contribution in [0.25, 0.3) is 0 Å². The van der Waals surface area contributed by atoms with Crippen LogP contribution in [0.3, 0.4) is 0 Å². The van der Waals surface area contributed by atoms with Crippen LogP contribution in [0.1, 0.15) is 42.8 Å². The first-order chi connectivity index (χ1) is 12.1. The smallest absolute Gasteiger partial charge is 0.294 e. The summed E-state index contributed by atoms with van der Waals surface area (Å²) in [5, 5.41) is 12.5. The number of benzene rings is 1. The van der Waals surface area contributed by atoms with Crippen LogP contribution in [0.4, 0.5) is 5.69 Å². The van der Waals surface area contributed by atoms with Crippen LogP contribution in [0.5, 0.6) is 0 Å². The summed E-state index contributed by atoms with van der Waals surface area (Å²) in [6.45, 7) is 9.31. The van der Waals surface area contributed by atoms with Gasteiger partial charge in [-0.1, -0.05) is 44.5 Å². The van der Waals surface area contributed by atoms with Crippen molar-refractivity contribution in [2.75, 3.05) is 4.90 Å². The maximum absolute atomic E-state index is 13.1. The van der Waals surface area contributed by atoms with Gasteiger partial charge < -0.3 is 5.11 Å². The lowest BCUT2D eigenvalue weighted by atomic mass is 9.83. The van der Waals surface area contributed by atoms with Crippen LogP contribution in [0, 0.1) is 19.3 Å². The average molecular weight is 369 g/mol. The van der Waals surface area contributed by atoms with Crippen molar-refractivity contribution in [1.82, 2.24) is 0 Å². The zero-order valence-corrected chi connectivity index (χ0v) is 16.5. The predicted molar refractivity (Wildman–Crippen MR) is 105 cm³/mol. The SMILES string of the molecule is Cc1ccc(N2C(=O)C(O)=C(C(=O)C(C)(C)C)C2c2cccs2)c(C)c1. The second kappa shape index (κ2) is 6.40. The summed E-state index contributed by atoms with van der Waals surface area (Å²) in [5.41, 5.74) is 2.22. The van der Waals surface area contributed by atoms with Crippen molar-refractivity contribution in [2.45, 2.75) is 40.7 Å². The summed E-state index contributed by atoms with van der Waals surface area (Å²) < 4.78 is 0. The largest absolute Gasteiger partial charge is 0.503 e. The zero-order valence-electron chi connectivity index (χ0n) is 15.7. The molecule has 1 aromatic carbocycles. The van der Waals surface area contributed by atoms with Gasteiger partial charge in [0.2, 0.25) is 0 Å². The van der Waals surface area contributed by atoms with E-state index in [0.717, 1.165) is 16.0 Å². The number of carbonyl (C=O) groups excluding carboxylic acids is 2. The van der Waals surface area contributed by atoms with Crippen LogP contribution < -0.4 is 4.90 Å². The van der Waals surface area contributed by atoms with Crippen molar-refractivity contribution in [3.63, 3.8) is 0 Å². The highest BCUT2D eigenvalue weighted by molar-refractivity contribution is 7.10. The average Bonchev–Trinajstić information content (AvgIpc) is 3.15. The summed E-state index contributed by atoms with van der Waals surface area (Å²) in [7, 11) is 0. The number of aliphatic hydroxyl groups is 1. The summed E-state index contributed by atoms with van der Waals surface area (Å²) in [4.78, 5) is 28.4. The van der Waals surface area contributed by atoms with Gasteiger partial charge in [-0.25, -0.2) is 0 Å². The number of ketones is 1. The highest BCUT2D eigenvalue weighted by atomic mass is 32.1. The van der Waals surface area contributed by atoms with Crippen molar-refractivity contribution < 1.29 is 14.7 Å². The van der Waals surface area contributed by atoms with Crippen LogP contribution >= 0.6 is 11.3 Å². The van der Waals surface area contributed by atoms with E-state index in [4.69, 9.17) is 0 Å². The van der Waals surface area contributed by atoms with Gasteiger partial charge >= 0.3 is 0 Å². The summed E-state index contributed by atoms with van der Waals surface area (Å²) in [6, 6.07) is 8.99. The van der Waals surface area contributed by atoms with Crippen molar-refractivity contribution in [2.24, 2.45) is 5.41 Å². The molecule has 0 fully saturated rings. The first-order valence-electron chi connectivity index (χ1n) is 8.55. The molecule has 1 aliphatic rings. The molecule has 26 heavy (non-hydrogen) atoms. The molecule has 1 unspecified atom stereocenters. The van der Waals surface area contributed by atoms with Crippen LogP contribution in [0.15, 0.2) is 47.0 Å². The number of hydrogen-bond acceptors (Lipinski definition) is 4. The first kappa shape index (κ1) is 18.4. The Kier molecular flexibility index (Phi) is 4.53. The third-order valence-corrected chi connectivity index (χ3v) is 5.48. The minimum Gasteiger partial charge on any atom is -0.503 e. The molecule has 1 amide bonds. The molecule has 0 radical (unpaired) electrons. The molecular formula is C21H23NO3S. The lowest BCUT2D eigenvalue weighted by Crippen LogP contribution is -2.32. The molecule has 2 aromatic rings. The van der Waals surface area contributed by atoms with E-state index >= 15 is 0 Å². The number of aryl methyl sites for hydroxylation is 2. The summed E-state index contributed by atoms with van der Waals surface area (Å²) >= 11 is 1.47. The van der Waals surface area contributed by atoms with Crippen molar-refractivity contribution in [3.8, 4) is 0 Å². The first-order valence-corrected chi connectivity index (χ1v) is 9.43. The minimum absolute atomic E-state index is 0.185. The number of carbonyl (C=O) groups is 2. The van der Waals surface area contributed by atoms with E-state index < -0.39 is 23.1 Å². The molecule has 4 nitrogen and oxygen atoms in total. The number of amides is 1. The summed E-state index contributed by atoms with van der Waals surface area (Å²) in [6.07, 6.45) is 0. The Balaban J connectivity index is 2.20. The number of nitrogens with zero attached hydrogens (tertiary/aromatic N) is 1. The number of thiophene rings is 1. The van der Waals surface area contributed by atoms with Crippen molar-refractivity contribution in [3.05, 3.63) is 63.0 Å². The van der Waals surface area contributed by atoms with Gasteiger partial charge in [-0.2, -0.15) is 0 Å². The number of anilines is 1. The lowest BCUT2D eigenvalue weighted by Gasteiger charge is -2.29. The van der Waals surface area contributed by atoms with Gasteiger partial charge in [0.15, 0.2) is 11.5 Å². The standard InChI is InChI=1S/C21H23NO3S/c1-12-8-9-14(13(2)11-12)22-17(15-7-6-10-26-15)16(18(23)20(22)25)19(24)21(3,4)5/h6-11,17,23H,1-5H3. The molecule has 1 aliphatic heterocycles. The fourth-order valence-electron chi connectivity index (χ4n) is 3.28. The highest BCUT2D eigenvalue weighted by Gasteiger charge is 2.47. The minimum atomic E-state index is -0.697. The molecule has 1 atom stereocenters. The predicted octanol–water partition coefficient (Wildman–Crippen LogP) is 4.88. The van der Waals surface area contributed by atoms with E-state index in [1.807, 2.05) is 49.6 Å². The Labute approximate surface area is 157 Å². The van der Waals surface area contributed by atoms with Gasteiger partial charge in [0.05, 0.1) is 5.57 Å². The Morgan fingerprint density at radius 1 is 1.19 bits per heavy atom. The number of rotatable bonds is 3. The van der Waals surface area contributed by atoms with Gasteiger partial charge in [0, 0.05) is 16.0 Å². The number of Topliss-reactive ketones (excluding diaryl/α,β-unsaturated/α-hetero) is 1. The van der Waals surface area contributed by atoms with Crippen LogP contribution in [-0.2, 0) is 9.59 Å². The van der Waals surface area contributed by atoms with E-state index in [1.54, 1.807) is 25.7 Å². The number of aliphatic hydroxyl groups excluding tert-OH is 1. The van der Waals surface area contributed by atoms with E-state index in [9.17, 15) is 14.7 Å². The third-order valence-electron chi connectivity index (χ3n) is 4.56. The maximum Gasteiger partial charge on any atom is 0.294 e. The van der Waals surface area contributed by atoms with Crippen molar-refractivity contribution in [1.29, 1.82) is 0 Å². The Morgan fingerprint density at radius 2 is 1.88 bits per heavy atom. The molecule has 0 spiro atoms. The molecule has 0 saturated carbocycles. The van der Waals surface area contributed by atoms with Crippen molar-refractivity contribution >= 4 is 28.7 Å². The lowest BCUT2D eigenvalue weighted by molar-refractivity contribution is -0.123. The Bertz CT molecular complexity index is 904. The van der Waals surface area contributed by atoms with E-state index in [2.05, 4.69) is 0 Å². The molecular weight excluding hydrogens is 346 g/mol. The quantitative estimate of drug-likeness (QED) is 0.839. The van der Waals surface area contributed by atoms with E-state index in [0.29, 0.717) is 5.69 Å². The highest BCUT2D eigenvalue weighted by Crippen LogP contribution is 2.45. The Morgan fingerprint density at radius 3 is 2.42 bits per heavy atom. The Hall–Kier alpha value is -2.40. The molecule has 0 bridgehead atoms.